The van der Waals surface area contributed by atoms with Crippen molar-refractivity contribution >= 4 is 5.97 Å². The summed E-state index contributed by atoms with van der Waals surface area (Å²) in [6, 6.07) is 10.0. The number of rotatable bonds is 3. The highest BCUT2D eigenvalue weighted by Gasteiger charge is 2.30. The molecule has 0 fully saturated rings. The molecule has 0 saturated carbocycles. The van der Waals surface area contributed by atoms with Crippen molar-refractivity contribution in [2.45, 2.75) is 12.1 Å². The van der Waals surface area contributed by atoms with Gasteiger partial charge in [0.1, 0.15) is 18.4 Å². The maximum absolute atomic E-state index is 11.4. The van der Waals surface area contributed by atoms with E-state index in [0.717, 1.165) is 0 Å². The Hall–Kier alpha value is -2.47. The van der Waals surface area contributed by atoms with Crippen LogP contribution in [0.5, 0.6) is 11.5 Å². The first-order valence-electron chi connectivity index (χ1n) is 6.51. The van der Waals surface area contributed by atoms with E-state index >= 15 is 0 Å². The Morgan fingerprint density at radius 2 is 2.05 bits per heavy atom. The molecule has 3 rings (SSSR count). The fourth-order valence-corrected chi connectivity index (χ4v) is 2.14. The molecule has 110 valence electrons. The van der Waals surface area contributed by atoms with Crippen molar-refractivity contribution in [1.29, 1.82) is 0 Å². The number of benzene rings is 1. The number of carbonyl (C=O) groups is 1. The third-order valence-electron chi connectivity index (χ3n) is 3.27. The first-order valence-corrected chi connectivity index (χ1v) is 6.51. The normalized spacial score (nSPS) is 18.1. The Bertz CT molecular complexity index is 651. The molecule has 21 heavy (non-hydrogen) atoms. The molecule has 2 N–H and O–H groups in total. The van der Waals surface area contributed by atoms with Gasteiger partial charge in [0.05, 0.1) is 7.11 Å². The number of nitrogens with two attached hydrogens (primary N) is 1. The minimum absolute atomic E-state index is 0.111. The standard InChI is InChI=1S/C15H15NO5/c1-18-15(17)12-7-6-11(21-12)14(16)13-8-19-9-4-2-3-5-10(9)20-13/h2-7,13-14H,8,16H2,1H3. The van der Waals surface area contributed by atoms with E-state index in [1.54, 1.807) is 6.07 Å². The number of fused-ring (bicyclic) bond motifs is 1. The Morgan fingerprint density at radius 1 is 1.29 bits per heavy atom. The topological polar surface area (TPSA) is 83.9 Å². The van der Waals surface area contributed by atoms with Gasteiger partial charge in [-0.15, -0.1) is 0 Å². The molecule has 0 saturated heterocycles. The largest absolute Gasteiger partial charge is 0.486 e. The lowest BCUT2D eigenvalue weighted by Gasteiger charge is -2.29. The van der Waals surface area contributed by atoms with Crippen LogP contribution in [0.3, 0.4) is 0 Å². The van der Waals surface area contributed by atoms with Gasteiger partial charge in [0.15, 0.2) is 17.6 Å². The number of hydrogen-bond donors (Lipinski definition) is 1. The molecule has 0 amide bonds. The van der Waals surface area contributed by atoms with Crippen molar-refractivity contribution in [3.8, 4) is 11.5 Å². The van der Waals surface area contributed by atoms with E-state index < -0.39 is 18.1 Å². The van der Waals surface area contributed by atoms with Crippen molar-refractivity contribution in [1.82, 2.24) is 0 Å². The van der Waals surface area contributed by atoms with Crippen LogP contribution in [0, 0.1) is 0 Å². The van der Waals surface area contributed by atoms with E-state index in [0.29, 0.717) is 23.9 Å². The predicted molar refractivity (Wildman–Crippen MR) is 73.3 cm³/mol. The zero-order chi connectivity index (χ0) is 14.8. The maximum Gasteiger partial charge on any atom is 0.373 e. The van der Waals surface area contributed by atoms with Crippen molar-refractivity contribution in [2.75, 3.05) is 13.7 Å². The number of carbonyl (C=O) groups excluding carboxylic acids is 1. The summed E-state index contributed by atoms with van der Waals surface area (Å²) in [5.41, 5.74) is 6.13. The number of esters is 1. The van der Waals surface area contributed by atoms with Gasteiger partial charge in [0.25, 0.3) is 0 Å². The summed E-state index contributed by atoms with van der Waals surface area (Å²) in [6.45, 7) is 0.312. The van der Waals surface area contributed by atoms with Crippen LogP contribution >= 0.6 is 0 Å². The van der Waals surface area contributed by atoms with Crippen LogP contribution in [0.2, 0.25) is 0 Å². The van der Waals surface area contributed by atoms with Crippen molar-refractivity contribution < 1.29 is 23.4 Å². The fourth-order valence-electron chi connectivity index (χ4n) is 2.14. The maximum atomic E-state index is 11.4. The average Bonchev–Trinajstić information content (AvgIpc) is 3.03. The second kappa shape index (κ2) is 5.49. The molecular formula is C15H15NO5. The van der Waals surface area contributed by atoms with Crippen molar-refractivity contribution in [3.05, 3.63) is 47.9 Å². The Labute approximate surface area is 121 Å². The molecule has 0 bridgehead atoms. The zero-order valence-corrected chi connectivity index (χ0v) is 11.4. The third-order valence-corrected chi connectivity index (χ3v) is 3.27. The minimum Gasteiger partial charge on any atom is -0.486 e. The summed E-state index contributed by atoms with van der Waals surface area (Å²) >= 11 is 0. The van der Waals surface area contributed by atoms with Crippen molar-refractivity contribution in [3.63, 3.8) is 0 Å². The Kier molecular flexibility index (Phi) is 3.53. The summed E-state index contributed by atoms with van der Waals surface area (Å²) in [5, 5.41) is 0. The van der Waals surface area contributed by atoms with Gasteiger partial charge in [-0.05, 0) is 24.3 Å². The number of para-hydroxylation sites is 2. The van der Waals surface area contributed by atoms with Gasteiger partial charge >= 0.3 is 5.97 Å². The summed E-state index contributed by atoms with van der Waals surface area (Å²) in [5.74, 6) is 1.35. The first kappa shape index (κ1) is 13.5. The smallest absolute Gasteiger partial charge is 0.373 e. The Balaban J connectivity index is 1.76. The lowest BCUT2D eigenvalue weighted by Crippen LogP contribution is -2.38. The van der Waals surface area contributed by atoms with Crippen LogP contribution < -0.4 is 15.2 Å². The molecule has 2 unspecified atom stereocenters. The predicted octanol–water partition coefficient (Wildman–Crippen LogP) is 1.91. The van der Waals surface area contributed by atoms with Crippen LogP contribution in [0.4, 0.5) is 0 Å². The van der Waals surface area contributed by atoms with Gasteiger partial charge in [-0.25, -0.2) is 4.79 Å². The second-order valence-corrected chi connectivity index (χ2v) is 4.63. The molecule has 0 aliphatic carbocycles. The number of hydrogen-bond acceptors (Lipinski definition) is 6. The molecule has 1 aliphatic rings. The van der Waals surface area contributed by atoms with Gasteiger partial charge in [0.2, 0.25) is 5.76 Å². The van der Waals surface area contributed by atoms with E-state index in [1.165, 1.54) is 13.2 Å². The molecule has 1 aromatic heterocycles. The summed E-state index contributed by atoms with van der Waals surface area (Å²) in [7, 11) is 1.29. The number of ether oxygens (including phenoxy) is 3. The van der Waals surface area contributed by atoms with Gasteiger partial charge in [-0.2, -0.15) is 0 Å². The van der Waals surface area contributed by atoms with Crippen LogP contribution in [0.15, 0.2) is 40.8 Å². The zero-order valence-electron chi connectivity index (χ0n) is 11.4. The van der Waals surface area contributed by atoms with E-state index in [-0.39, 0.29) is 5.76 Å². The SMILES string of the molecule is COC(=O)c1ccc(C(N)C2COc3ccccc3O2)o1. The number of furan rings is 1. The highest BCUT2D eigenvalue weighted by atomic mass is 16.6. The van der Waals surface area contributed by atoms with Gasteiger partial charge < -0.3 is 24.4 Å². The van der Waals surface area contributed by atoms with E-state index in [4.69, 9.17) is 19.6 Å². The third kappa shape index (κ3) is 2.57. The molecule has 1 aliphatic heterocycles. The minimum atomic E-state index is -0.545. The van der Waals surface area contributed by atoms with Crippen molar-refractivity contribution in [2.24, 2.45) is 5.73 Å². The van der Waals surface area contributed by atoms with E-state index in [2.05, 4.69) is 4.74 Å². The summed E-state index contributed by atoms with van der Waals surface area (Å²) in [6.07, 6.45) is -0.392. The molecule has 2 aromatic rings. The quantitative estimate of drug-likeness (QED) is 0.869. The molecule has 2 atom stereocenters. The van der Waals surface area contributed by atoms with Gasteiger partial charge in [-0.1, -0.05) is 12.1 Å². The van der Waals surface area contributed by atoms with E-state index in [9.17, 15) is 4.79 Å². The molecule has 1 aromatic carbocycles. The molecule has 6 heteroatoms. The van der Waals surface area contributed by atoms with Crippen LogP contribution in [0.1, 0.15) is 22.4 Å². The summed E-state index contributed by atoms with van der Waals surface area (Å²) < 4.78 is 21.4. The number of methoxy groups -OCH3 is 1. The second-order valence-electron chi connectivity index (χ2n) is 4.63. The van der Waals surface area contributed by atoms with Crippen LogP contribution in [-0.4, -0.2) is 25.8 Å². The van der Waals surface area contributed by atoms with Gasteiger partial charge in [-0.3, -0.25) is 0 Å². The fraction of sp³-hybridized carbons (Fsp3) is 0.267. The molecule has 2 heterocycles. The molecule has 0 spiro atoms. The highest BCUT2D eigenvalue weighted by Crippen LogP contribution is 2.34. The first-order chi connectivity index (χ1) is 10.2. The van der Waals surface area contributed by atoms with Crippen LogP contribution in [0.25, 0.3) is 0 Å². The monoisotopic (exact) mass is 289 g/mol. The van der Waals surface area contributed by atoms with Crippen LogP contribution in [-0.2, 0) is 4.74 Å². The summed E-state index contributed by atoms with van der Waals surface area (Å²) in [4.78, 5) is 11.4. The lowest BCUT2D eigenvalue weighted by atomic mass is 10.1. The lowest BCUT2D eigenvalue weighted by molar-refractivity contribution is 0.0540. The van der Waals surface area contributed by atoms with Gasteiger partial charge in [0, 0.05) is 0 Å². The molecule has 0 radical (unpaired) electrons. The Morgan fingerprint density at radius 3 is 2.81 bits per heavy atom. The molecule has 6 nitrogen and oxygen atoms in total. The average molecular weight is 289 g/mol. The highest BCUT2D eigenvalue weighted by molar-refractivity contribution is 5.86. The molecular weight excluding hydrogens is 274 g/mol. The van der Waals surface area contributed by atoms with E-state index in [1.807, 2.05) is 24.3 Å².